The highest BCUT2D eigenvalue weighted by atomic mass is 127. The molecule has 1 amide bonds. The van der Waals surface area contributed by atoms with Crippen LogP contribution in [0.3, 0.4) is 0 Å². The van der Waals surface area contributed by atoms with Gasteiger partial charge in [-0.25, -0.2) is 0 Å². The molecule has 0 fully saturated rings. The Balaban J connectivity index is 1.96. The Labute approximate surface area is 147 Å². The highest BCUT2D eigenvalue weighted by Crippen LogP contribution is 2.23. The van der Waals surface area contributed by atoms with E-state index in [9.17, 15) is 14.9 Å². The Morgan fingerprint density at radius 2 is 1.96 bits per heavy atom. The molecule has 2 aromatic carbocycles. The van der Waals surface area contributed by atoms with E-state index >= 15 is 0 Å². The van der Waals surface area contributed by atoms with Crippen LogP contribution in [0.25, 0.3) is 0 Å². The van der Waals surface area contributed by atoms with E-state index in [1.807, 2.05) is 25.1 Å². The van der Waals surface area contributed by atoms with Crippen LogP contribution in [0.1, 0.15) is 11.1 Å². The number of nitrogens with one attached hydrogen (secondary N) is 1. The van der Waals surface area contributed by atoms with Gasteiger partial charge in [0, 0.05) is 20.9 Å². The lowest BCUT2D eigenvalue weighted by molar-refractivity contribution is -0.385. The van der Waals surface area contributed by atoms with Gasteiger partial charge in [0.25, 0.3) is 11.6 Å². The second-order valence-corrected chi connectivity index (χ2v) is 6.25. The Morgan fingerprint density at radius 3 is 2.57 bits per heavy atom. The van der Waals surface area contributed by atoms with E-state index in [0.29, 0.717) is 11.3 Å². The first-order valence-electron chi connectivity index (χ1n) is 6.80. The maximum absolute atomic E-state index is 11.9. The van der Waals surface area contributed by atoms with Crippen molar-refractivity contribution in [1.29, 1.82) is 0 Å². The normalized spacial score (nSPS) is 10.2. The van der Waals surface area contributed by atoms with E-state index in [1.54, 1.807) is 13.0 Å². The summed E-state index contributed by atoms with van der Waals surface area (Å²) in [6.45, 7) is 3.38. The Morgan fingerprint density at radius 1 is 1.22 bits per heavy atom. The van der Waals surface area contributed by atoms with E-state index in [2.05, 4.69) is 27.9 Å². The number of carbonyl (C=O) groups is 1. The van der Waals surface area contributed by atoms with Gasteiger partial charge in [-0.3, -0.25) is 14.9 Å². The van der Waals surface area contributed by atoms with Gasteiger partial charge in [0.1, 0.15) is 5.75 Å². The highest BCUT2D eigenvalue weighted by molar-refractivity contribution is 14.1. The van der Waals surface area contributed by atoms with Gasteiger partial charge in [-0.2, -0.15) is 0 Å². The number of carbonyl (C=O) groups excluding carboxylic acids is 1. The number of ether oxygens (including phenoxy) is 1. The molecule has 2 aromatic rings. The van der Waals surface area contributed by atoms with Crippen LogP contribution >= 0.6 is 22.6 Å². The minimum atomic E-state index is -0.453. The summed E-state index contributed by atoms with van der Waals surface area (Å²) in [5, 5.41) is 13.5. The van der Waals surface area contributed by atoms with Crippen LogP contribution in [0.5, 0.6) is 5.75 Å². The number of aryl methyl sites for hydroxylation is 2. The molecule has 0 saturated heterocycles. The monoisotopic (exact) mass is 426 g/mol. The summed E-state index contributed by atoms with van der Waals surface area (Å²) in [7, 11) is 0. The molecule has 0 radical (unpaired) electrons. The SMILES string of the molecule is Cc1cc(I)ccc1NC(=O)COc1ccc([N+](=O)[O-])c(C)c1. The zero-order valence-electron chi connectivity index (χ0n) is 12.6. The molecule has 0 spiro atoms. The molecule has 6 nitrogen and oxygen atoms in total. The number of hydrogen-bond acceptors (Lipinski definition) is 4. The van der Waals surface area contributed by atoms with E-state index in [4.69, 9.17) is 4.74 Å². The fourth-order valence-corrected chi connectivity index (χ4v) is 2.67. The van der Waals surface area contributed by atoms with Crippen molar-refractivity contribution in [3.8, 4) is 5.75 Å². The molecule has 1 N–H and O–H groups in total. The zero-order valence-corrected chi connectivity index (χ0v) is 14.8. The third kappa shape index (κ3) is 4.65. The number of nitro benzene ring substituents is 1. The molecule has 0 aliphatic carbocycles. The van der Waals surface area contributed by atoms with Gasteiger partial charge in [0.2, 0.25) is 0 Å². The first kappa shape index (κ1) is 17.2. The standard InChI is InChI=1S/C16H15IN2O4/c1-10-7-12(17)3-5-14(10)18-16(20)9-23-13-4-6-15(19(21)22)11(2)8-13/h3-8H,9H2,1-2H3,(H,18,20). The molecule has 0 aliphatic rings. The average molecular weight is 426 g/mol. The van der Waals surface area contributed by atoms with Crippen LogP contribution in [-0.4, -0.2) is 17.4 Å². The molecule has 0 unspecified atom stereocenters. The van der Waals surface area contributed by atoms with Gasteiger partial charge in [-0.1, -0.05) is 0 Å². The van der Waals surface area contributed by atoms with Crippen LogP contribution in [0.2, 0.25) is 0 Å². The van der Waals surface area contributed by atoms with Crippen molar-refractivity contribution in [3.05, 3.63) is 61.2 Å². The number of nitrogens with zero attached hydrogens (tertiary/aromatic N) is 1. The van der Waals surface area contributed by atoms with Crippen LogP contribution in [-0.2, 0) is 4.79 Å². The first-order chi connectivity index (χ1) is 10.9. The molecule has 0 saturated carbocycles. The Kier molecular flexibility index (Phi) is 5.54. The maximum atomic E-state index is 11.9. The number of nitro groups is 1. The minimum absolute atomic E-state index is 0.0244. The number of halogens is 1. The summed E-state index contributed by atoms with van der Waals surface area (Å²) in [4.78, 5) is 22.2. The second kappa shape index (κ2) is 7.40. The van der Waals surface area contributed by atoms with Crippen molar-refractivity contribution >= 4 is 39.9 Å². The van der Waals surface area contributed by atoms with Crippen LogP contribution in [0.15, 0.2) is 36.4 Å². The molecule has 0 aliphatic heterocycles. The van der Waals surface area contributed by atoms with Crippen molar-refractivity contribution in [2.75, 3.05) is 11.9 Å². The van der Waals surface area contributed by atoms with Crippen molar-refractivity contribution in [1.82, 2.24) is 0 Å². The van der Waals surface area contributed by atoms with Gasteiger partial charge in [0.15, 0.2) is 6.61 Å². The Bertz CT molecular complexity index is 762. The fraction of sp³-hybridized carbons (Fsp3) is 0.188. The molecule has 0 atom stereocenters. The van der Waals surface area contributed by atoms with E-state index in [1.165, 1.54) is 12.1 Å². The lowest BCUT2D eigenvalue weighted by Gasteiger charge is -2.10. The maximum Gasteiger partial charge on any atom is 0.272 e. The van der Waals surface area contributed by atoms with Gasteiger partial charge >= 0.3 is 0 Å². The summed E-state index contributed by atoms with van der Waals surface area (Å²) in [5.74, 6) is 0.132. The molecule has 0 heterocycles. The third-order valence-electron chi connectivity index (χ3n) is 3.20. The molecule has 23 heavy (non-hydrogen) atoms. The molecule has 0 aromatic heterocycles. The minimum Gasteiger partial charge on any atom is -0.484 e. The first-order valence-corrected chi connectivity index (χ1v) is 7.88. The predicted molar refractivity (Wildman–Crippen MR) is 95.9 cm³/mol. The van der Waals surface area contributed by atoms with Crippen LogP contribution < -0.4 is 10.1 Å². The largest absolute Gasteiger partial charge is 0.484 e. The van der Waals surface area contributed by atoms with Gasteiger partial charge < -0.3 is 10.1 Å². The van der Waals surface area contributed by atoms with Gasteiger partial charge in [-0.05, 0) is 72.3 Å². The highest BCUT2D eigenvalue weighted by Gasteiger charge is 2.12. The Hall–Kier alpha value is -2.16. The zero-order chi connectivity index (χ0) is 17.0. The lowest BCUT2D eigenvalue weighted by atomic mass is 10.2. The van der Waals surface area contributed by atoms with E-state index < -0.39 is 4.92 Å². The van der Waals surface area contributed by atoms with Crippen molar-refractivity contribution in [2.45, 2.75) is 13.8 Å². The molecule has 0 bridgehead atoms. The second-order valence-electron chi connectivity index (χ2n) is 5.00. The molecule has 2 rings (SSSR count). The van der Waals surface area contributed by atoms with Crippen LogP contribution in [0, 0.1) is 27.5 Å². The van der Waals surface area contributed by atoms with Crippen molar-refractivity contribution < 1.29 is 14.5 Å². The lowest BCUT2D eigenvalue weighted by Crippen LogP contribution is -2.20. The van der Waals surface area contributed by atoms with Crippen molar-refractivity contribution in [3.63, 3.8) is 0 Å². The van der Waals surface area contributed by atoms with Gasteiger partial charge in [-0.15, -0.1) is 0 Å². The van der Waals surface area contributed by atoms with E-state index in [-0.39, 0.29) is 18.2 Å². The summed E-state index contributed by atoms with van der Waals surface area (Å²) in [6.07, 6.45) is 0. The predicted octanol–water partition coefficient (Wildman–Crippen LogP) is 3.83. The van der Waals surface area contributed by atoms with Crippen LogP contribution in [0.4, 0.5) is 11.4 Å². The number of amides is 1. The summed E-state index contributed by atoms with van der Waals surface area (Å²) < 4.78 is 6.48. The quantitative estimate of drug-likeness (QED) is 0.448. The smallest absolute Gasteiger partial charge is 0.272 e. The number of rotatable bonds is 5. The summed E-state index contributed by atoms with van der Waals surface area (Å²) >= 11 is 2.20. The molecular formula is C16H15IN2O4. The number of benzene rings is 2. The fourth-order valence-electron chi connectivity index (χ4n) is 2.03. The molecular weight excluding hydrogens is 411 g/mol. The van der Waals surface area contributed by atoms with Gasteiger partial charge in [0.05, 0.1) is 4.92 Å². The van der Waals surface area contributed by atoms with Crippen molar-refractivity contribution in [2.24, 2.45) is 0 Å². The third-order valence-corrected chi connectivity index (χ3v) is 3.87. The summed E-state index contributed by atoms with van der Waals surface area (Å²) in [6, 6.07) is 10.1. The number of anilines is 1. The number of hydrogen-bond donors (Lipinski definition) is 1. The molecule has 7 heteroatoms. The molecule has 120 valence electrons. The topological polar surface area (TPSA) is 81.5 Å². The summed E-state index contributed by atoms with van der Waals surface area (Å²) in [5.41, 5.74) is 2.22. The van der Waals surface area contributed by atoms with E-state index in [0.717, 1.165) is 14.8 Å². The average Bonchev–Trinajstić information content (AvgIpc) is 2.48.